The number of hydrogen-bond donors (Lipinski definition) is 3. The highest BCUT2D eigenvalue weighted by molar-refractivity contribution is 9.10. The van der Waals surface area contributed by atoms with Crippen molar-refractivity contribution in [1.29, 1.82) is 0 Å². The number of carbonyl (C=O) groups excluding carboxylic acids is 1. The first-order chi connectivity index (χ1) is 12.3. The first-order valence-corrected chi connectivity index (χ1v) is 9.75. The molecule has 2 atom stereocenters. The van der Waals surface area contributed by atoms with E-state index in [1.165, 1.54) is 5.38 Å². The zero-order valence-corrected chi connectivity index (χ0v) is 16.7. The van der Waals surface area contributed by atoms with Gasteiger partial charge in [0.2, 0.25) is 0 Å². The number of H-pyrrole nitrogens is 1. The molecule has 0 saturated carbocycles. The largest absolute Gasteiger partial charge is 0.476 e. The van der Waals surface area contributed by atoms with Crippen molar-refractivity contribution in [2.24, 2.45) is 0 Å². The number of anilines is 1. The molecule has 3 N–H and O–H groups in total. The lowest BCUT2D eigenvalue weighted by molar-refractivity contribution is 0.0691. The molecule has 2 aromatic rings. The van der Waals surface area contributed by atoms with Crippen molar-refractivity contribution >= 4 is 55.9 Å². The Bertz CT molecular complexity index is 858. The van der Waals surface area contributed by atoms with Crippen molar-refractivity contribution in [2.75, 3.05) is 18.0 Å². The molecule has 0 aromatic carbocycles. The van der Waals surface area contributed by atoms with Crippen LogP contribution in [0.25, 0.3) is 0 Å². The highest BCUT2D eigenvalue weighted by atomic mass is 79.9. The fourth-order valence-corrected chi connectivity index (χ4v) is 4.13. The third-order valence-corrected chi connectivity index (χ3v) is 6.62. The Labute approximate surface area is 165 Å². The second kappa shape index (κ2) is 7.53. The molecule has 0 aliphatic carbocycles. The minimum absolute atomic E-state index is 0.0265. The lowest BCUT2D eigenvalue weighted by atomic mass is 10.0. The molecule has 1 saturated heterocycles. The molecule has 11 heteroatoms. The Morgan fingerprint density at radius 1 is 1.58 bits per heavy atom. The molecule has 1 amide bonds. The van der Waals surface area contributed by atoms with Gasteiger partial charge >= 0.3 is 5.97 Å². The van der Waals surface area contributed by atoms with Crippen LogP contribution in [0.3, 0.4) is 0 Å². The maximum absolute atomic E-state index is 14.6. The van der Waals surface area contributed by atoms with Gasteiger partial charge in [-0.25, -0.2) is 14.2 Å². The molecule has 2 aromatic heterocycles. The molecule has 3 rings (SSSR count). The van der Waals surface area contributed by atoms with Crippen LogP contribution in [-0.4, -0.2) is 52.3 Å². The number of rotatable bonds is 4. The Balaban J connectivity index is 1.64. The average molecular weight is 466 g/mol. The summed E-state index contributed by atoms with van der Waals surface area (Å²) in [4.78, 5) is 31.8. The van der Waals surface area contributed by atoms with Crippen LogP contribution in [0.1, 0.15) is 33.1 Å². The summed E-state index contributed by atoms with van der Waals surface area (Å²) in [5.74, 6) is -1.58. The molecule has 140 valence electrons. The Morgan fingerprint density at radius 2 is 2.31 bits per heavy atom. The smallest absolute Gasteiger partial charge is 0.355 e. The highest BCUT2D eigenvalue weighted by Gasteiger charge is 2.33. The van der Waals surface area contributed by atoms with Gasteiger partial charge in [0.05, 0.1) is 22.1 Å². The average Bonchev–Trinajstić information content (AvgIpc) is 3.18. The van der Waals surface area contributed by atoms with Crippen LogP contribution < -0.4 is 10.2 Å². The van der Waals surface area contributed by atoms with E-state index in [9.17, 15) is 14.0 Å². The van der Waals surface area contributed by atoms with Crippen LogP contribution in [0.2, 0.25) is 5.02 Å². The summed E-state index contributed by atoms with van der Waals surface area (Å²) in [6.07, 6.45) is -0.948. The summed E-state index contributed by atoms with van der Waals surface area (Å²) in [6.45, 7) is 2.25. The van der Waals surface area contributed by atoms with E-state index >= 15 is 0 Å². The molecular formula is C15H15BrClFN4O3S. The predicted octanol–water partition coefficient (Wildman–Crippen LogP) is 3.24. The Hall–Kier alpha value is -1.65. The number of carboxylic acid groups (broad SMARTS) is 1. The molecule has 7 nitrogen and oxygen atoms in total. The standard InChI is InChI=1S/C15H15BrClFN4O3S/c1-6-10(16)11(17)12(19-6)13(23)20-8-2-3-22(4-7(8)18)15-21-9(5-26-15)14(24)25/h5,7-8,19H,2-4H2,1H3,(H,20,23)(H,24,25)/t7-,8+/m0/s1. The van der Waals surface area contributed by atoms with Crippen LogP contribution >= 0.6 is 38.9 Å². The molecular weight excluding hydrogens is 451 g/mol. The quantitative estimate of drug-likeness (QED) is 0.644. The number of amides is 1. The van der Waals surface area contributed by atoms with E-state index < -0.39 is 24.1 Å². The summed E-state index contributed by atoms with van der Waals surface area (Å²) in [7, 11) is 0. The number of hydrogen-bond acceptors (Lipinski definition) is 5. The second-order valence-electron chi connectivity index (χ2n) is 5.90. The maximum Gasteiger partial charge on any atom is 0.355 e. The molecule has 1 aliphatic rings. The number of aromatic carboxylic acids is 1. The van der Waals surface area contributed by atoms with E-state index in [-0.39, 0.29) is 23.0 Å². The van der Waals surface area contributed by atoms with Crippen molar-refractivity contribution in [3.8, 4) is 0 Å². The number of piperidine rings is 1. The number of nitrogens with zero attached hydrogens (tertiary/aromatic N) is 2. The molecule has 0 bridgehead atoms. The molecule has 0 spiro atoms. The van der Waals surface area contributed by atoms with Gasteiger partial charge in [0, 0.05) is 17.6 Å². The van der Waals surface area contributed by atoms with E-state index in [0.29, 0.717) is 28.3 Å². The fraction of sp³-hybridized carbons (Fsp3) is 0.400. The summed E-state index contributed by atoms with van der Waals surface area (Å²) >= 11 is 10.5. The van der Waals surface area contributed by atoms with Crippen LogP contribution in [-0.2, 0) is 0 Å². The van der Waals surface area contributed by atoms with Gasteiger partial charge in [-0.2, -0.15) is 0 Å². The Morgan fingerprint density at radius 3 is 2.85 bits per heavy atom. The molecule has 0 radical (unpaired) electrons. The van der Waals surface area contributed by atoms with Crippen LogP contribution in [0.5, 0.6) is 0 Å². The molecule has 26 heavy (non-hydrogen) atoms. The van der Waals surface area contributed by atoms with Crippen LogP contribution in [0.15, 0.2) is 9.85 Å². The monoisotopic (exact) mass is 464 g/mol. The van der Waals surface area contributed by atoms with E-state index in [2.05, 4.69) is 31.2 Å². The van der Waals surface area contributed by atoms with Gasteiger partial charge in [-0.05, 0) is 29.3 Å². The van der Waals surface area contributed by atoms with Crippen molar-refractivity contribution in [1.82, 2.24) is 15.3 Å². The van der Waals surface area contributed by atoms with Gasteiger partial charge in [0.25, 0.3) is 5.91 Å². The molecule has 1 fully saturated rings. The summed E-state index contributed by atoms with van der Waals surface area (Å²) in [5.41, 5.74) is 0.847. The van der Waals surface area contributed by atoms with Crippen LogP contribution in [0.4, 0.5) is 9.52 Å². The molecule has 3 heterocycles. The summed E-state index contributed by atoms with van der Waals surface area (Å²) in [6, 6.07) is -0.656. The summed E-state index contributed by atoms with van der Waals surface area (Å²) in [5, 5.41) is 13.7. The summed E-state index contributed by atoms with van der Waals surface area (Å²) < 4.78 is 15.2. The van der Waals surface area contributed by atoms with Gasteiger partial charge in [0.1, 0.15) is 11.9 Å². The lowest BCUT2D eigenvalue weighted by Crippen LogP contribution is -2.52. The van der Waals surface area contributed by atoms with E-state index in [4.69, 9.17) is 16.7 Å². The molecule has 0 unspecified atom stereocenters. The number of aryl methyl sites for hydroxylation is 1. The van der Waals surface area contributed by atoms with Crippen molar-refractivity contribution in [3.63, 3.8) is 0 Å². The first kappa shape index (κ1) is 19.1. The van der Waals surface area contributed by atoms with Gasteiger partial charge in [-0.1, -0.05) is 11.6 Å². The lowest BCUT2D eigenvalue weighted by Gasteiger charge is -2.34. The number of halogens is 3. The zero-order valence-electron chi connectivity index (χ0n) is 13.6. The fourth-order valence-electron chi connectivity index (χ4n) is 2.72. The number of aromatic nitrogens is 2. The SMILES string of the molecule is Cc1[nH]c(C(=O)N[C@@H]2CCN(c3nc(C(=O)O)cs3)C[C@@H]2F)c(Cl)c1Br. The van der Waals surface area contributed by atoms with Crippen molar-refractivity contribution in [2.45, 2.75) is 25.6 Å². The number of alkyl halides is 1. The predicted molar refractivity (Wildman–Crippen MR) is 100 cm³/mol. The zero-order chi connectivity index (χ0) is 19.0. The Kier molecular flexibility index (Phi) is 5.54. The third kappa shape index (κ3) is 3.72. The second-order valence-corrected chi connectivity index (χ2v) is 7.91. The minimum atomic E-state index is -1.32. The van der Waals surface area contributed by atoms with Gasteiger partial charge in [-0.15, -0.1) is 11.3 Å². The number of carboxylic acids is 1. The highest BCUT2D eigenvalue weighted by Crippen LogP contribution is 2.30. The van der Waals surface area contributed by atoms with Gasteiger partial charge in [0.15, 0.2) is 10.8 Å². The number of aromatic amines is 1. The third-order valence-electron chi connectivity index (χ3n) is 4.12. The molecule has 1 aliphatic heterocycles. The van der Waals surface area contributed by atoms with E-state index in [0.717, 1.165) is 11.3 Å². The normalized spacial score (nSPS) is 20.2. The van der Waals surface area contributed by atoms with Gasteiger partial charge in [-0.3, -0.25) is 4.79 Å². The first-order valence-electron chi connectivity index (χ1n) is 7.70. The number of carbonyl (C=O) groups is 2. The number of thiazole rings is 1. The van der Waals surface area contributed by atoms with Crippen molar-refractivity contribution in [3.05, 3.63) is 32.0 Å². The maximum atomic E-state index is 14.6. The van der Waals surface area contributed by atoms with E-state index in [1.54, 1.807) is 11.8 Å². The van der Waals surface area contributed by atoms with Gasteiger partial charge < -0.3 is 20.3 Å². The minimum Gasteiger partial charge on any atom is -0.476 e. The van der Waals surface area contributed by atoms with Crippen LogP contribution in [0, 0.1) is 6.92 Å². The topological polar surface area (TPSA) is 98.3 Å². The van der Waals surface area contributed by atoms with Crippen molar-refractivity contribution < 1.29 is 19.1 Å². The number of nitrogens with one attached hydrogen (secondary N) is 2. The van der Waals surface area contributed by atoms with E-state index in [1.807, 2.05) is 0 Å².